The van der Waals surface area contributed by atoms with Gasteiger partial charge in [-0.15, -0.1) is 0 Å². The molecule has 4 N–H and O–H groups in total. The van der Waals surface area contributed by atoms with Crippen LogP contribution in [-0.2, 0) is 6.18 Å². The summed E-state index contributed by atoms with van der Waals surface area (Å²) in [7, 11) is 0. The van der Waals surface area contributed by atoms with Gasteiger partial charge in [0.15, 0.2) is 0 Å². The number of halogens is 3. The van der Waals surface area contributed by atoms with Gasteiger partial charge in [0.1, 0.15) is 18.5 Å². The molecule has 0 aromatic heterocycles. The van der Waals surface area contributed by atoms with Gasteiger partial charge in [-0.25, -0.2) is 0 Å². The van der Waals surface area contributed by atoms with Crippen LogP contribution in [0.25, 0.3) is 0 Å². The third-order valence-corrected chi connectivity index (χ3v) is 5.85. The number of allylic oxidation sites excluding steroid dienone is 2. The highest BCUT2D eigenvalue weighted by Gasteiger charge is 2.39. The van der Waals surface area contributed by atoms with Crippen molar-refractivity contribution in [3.63, 3.8) is 0 Å². The fraction of sp³-hybridized carbons (Fsp3) is 0.600. The lowest BCUT2D eigenvalue weighted by atomic mass is 9.89. The van der Waals surface area contributed by atoms with Gasteiger partial charge >= 0.3 is 6.18 Å². The van der Waals surface area contributed by atoms with Crippen LogP contribution >= 0.6 is 0 Å². The topological polar surface area (TPSA) is 82.0 Å². The first-order valence-corrected chi connectivity index (χ1v) is 11.6. The lowest BCUT2D eigenvalue weighted by Gasteiger charge is -2.19. The summed E-state index contributed by atoms with van der Waals surface area (Å²) < 4.78 is 43.7. The fourth-order valence-corrected chi connectivity index (χ4v) is 4.02. The number of alkyl halides is 3. The van der Waals surface area contributed by atoms with E-state index in [-0.39, 0.29) is 30.6 Å². The van der Waals surface area contributed by atoms with E-state index in [1.165, 1.54) is 18.2 Å². The largest absolute Gasteiger partial charge is 0.491 e. The summed E-state index contributed by atoms with van der Waals surface area (Å²) in [5.41, 5.74) is -0.818. The van der Waals surface area contributed by atoms with E-state index in [0.717, 1.165) is 44.5 Å². The molecule has 2 rings (SSSR count). The van der Waals surface area contributed by atoms with E-state index in [2.05, 4.69) is 18.3 Å². The molecule has 1 aliphatic rings. The molecule has 0 amide bonds. The number of aliphatic hydroxyl groups excluding tert-OH is 3. The first kappa shape index (κ1) is 27.4. The van der Waals surface area contributed by atoms with Crippen LogP contribution in [0.2, 0.25) is 0 Å². The summed E-state index contributed by atoms with van der Waals surface area (Å²) >= 11 is 0. The van der Waals surface area contributed by atoms with Gasteiger partial charge in [0, 0.05) is 12.3 Å². The molecular weight excluding hydrogens is 435 g/mol. The number of ether oxygens (including phenoxy) is 1. The lowest BCUT2D eigenvalue weighted by Crippen LogP contribution is -2.21. The second kappa shape index (κ2) is 13.7. The van der Waals surface area contributed by atoms with Crippen LogP contribution in [-0.4, -0.2) is 53.3 Å². The van der Waals surface area contributed by atoms with Gasteiger partial charge in [0.05, 0.1) is 17.8 Å². The summed E-state index contributed by atoms with van der Waals surface area (Å²) in [5, 5.41) is 34.1. The van der Waals surface area contributed by atoms with Crippen LogP contribution in [0.15, 0.2) is 48.6 Å². The normalized spacial score (nSPS) is 24.7. The Bertz CT molecular complexity index is 753. The van der Waals surface area contributed by atoms with Gasteiger partial charge in [0.2, 0.25) is 0 Å². The van der Waals surface area contributed by atoms with Gasteiger partial charge in [-0.2, -0.15) is 13.2 Å². The Labute approximate surface area is 194 Å². The van der Waals surface area contributed by atoms with Crippen LogP contribution in [0.3, 0.4) is 0 Å². The molecule has 1 aromatic carbocycles. The molecule has 0 radical (unpaired) electrons. The summed E-state index contributed by atoms with van der Waals surface area (Å²) in [6.45, 7) is 3.83. The van der Waals surface area contributed by atoms with Crippen LogP contribution in [0.4, 0.5) is 13.2 Å². The minimum atomic E-state index is -4.47. The Hall–Kier alpha value is -1.87. The minimum absolute atomic E-state index is 0.0158. The molecule has 1 aliphatic carbocycles. The van der Waals surface area contributed by atoms with Crippen molar-refractivity contribution in [3.05, 3.63) is 54.1 Å². The standard InChI is InChI=1S/C25H36F3NO4/c1-2-29-14-7-5-3-4-6-11-21-22(24(32)16-23(21)31)13-12-19(30)17-33-20-10-8-9-18(15-20)25(26,27)28/h4,6,8-10,12-13,15,19,21-24,29-32H,2-3,5,7,11,14,16-17H2,1H3/b6-4-,13-12+/t19-,21-,22?,23+,24-/m1/s1. The van der Waals surface area contributed by atoms with Gasteiger partial charge in [0.25, 0.3) is 0 Å². The van der Waals surface area contributed by atoms with E-state index >= 15 is 0 Å². The molecule has 0 heterocycles. The number of hydrogen-bond donors (Lipinski definition) is 4. The Morgan fingerprint density at radius 2 is 1.97 bits per heavy atom. The molecule has 5 atom stereocenters. The molecule has 1 fully saturated rings. The van der Waals surface area contributed by atoms with Crippen molar-refractivity contribution < 1.29 is 33.2 Å². The molecule has 5 nitrogen and oxygen atoms in total. The molecule has 0 aliphatic heterocycles. The molecule has 0 saturated heterocycles. The highest BCUT2D eigenvalue weighted by atomic mass is 19.4. The van der Waals surface area contributed by atoms with Crippen molar-refractivity contribution in [1.29, 1.82) is 0 Å². The average Bonchev–Trinajstić information content (AvgIpc) is 3.04. The Balaban J connectivity index is 1.83. The highest BCUT2D eigenvalue weighted by molar-refractivity contribution is 5.30. The fourth-order valence-electron chi connectivity index (χ4n) is 4.02. The molecule has 186 valence electrons. The molecule has 0 bridgehead atoms. The maximum absolute atomic E-state index is 12.8. The van der Waals surface area contributed by atoms with Gasteiger partial charge in [-0.1, -0.05) is 37.3 Å². The first-order chi connectivity index (χ1) is 15.7. The van der Waals surface area contributed by atoms with E-state index in [4.69, 9.17) is 4.74 Å². The van der Waals surface area contributed by atoms with E-state index < -0.39 is 30.1 Å². The summed E-state index contributed by atoms with van der Waals surface area (Å²) in [5.74, 6) is -0.463. The van der Waals surface area contributed by atoms with Crippen LogP contribution in [0, 0.1) is 11.8 Å². The zero-order chi connectivity index (χ0) is 24.3. The predicted molar refractivity (Wildman–Crippen MR) is 122 cm³/mol. The first-order valence-electron chi connectivity index (χ1n) is 11.6. The summed E-state index contributed by atoms with van der Waals surface area (Å²) in [6, 6.07) is 4.48. The second-order valence-corrected chi connectivity index (χ2v) is 8.46. The second-order valence-electron chi connectivity index (χ2n) is 8.46. The van der Waals surface area contributed by atoms with Gasteiger partial charge < -0.3 is 25.4 Å². The van der Waals surface area contributed by atoms with Gasteiger partial charge in [-0.3, -0.25) is 0 Å². The maximum atomic E-state index is 12.8. The molecule has 8 heteroatoms. The van der Waals surface area contributed by atoms with E-state index in [1.807, 2.05) is 6.08 Å². The highest BCUT2D eigenvalue weighted by Crippen LogP contribution is 2.36. The average molecular weight is 472 g/mol. The van der Waals surface area contributed by atoms with Crippen LogP contribution in [0.1, 0.15) is 44.6 Å². The molecule has 1 saturated carbocycles. The zero-order valence-corrected chi connectivity index (χ0v) is 19.0. The van der Waals surface area contributed by atoms with Crippen molar-refractivity contribution >= 4 is 0 Å². The molecule has 0 spiro atoms. The SMILES string of the molecule is CCNCCCC/C=C\C[C@@H]1C(/C=C/[C@@H](O)COc2cccc(C(F)(F)F)c2)[C@H](O)C[C@@H]1O. The smallest absolute Gasteiger partial charge is 0.416 e. The number of benzene rings is 1. The van der Waals surface area contributed by atoms with Crippen LogP contribution < -0.4 is 10.1 Å². The minimum Gasteiger partial charge on any atom is -0.491 e. The maximum Gasteiger partial charge on any atom is 0.416 e. The quantitative estimate of drug-likeness (QED) is 0.257. The van der Waals surface area contributed by atoms with E-state index in [1.54, 1.807) is 6.08 Å². The third kappa shape index (κ3) is 9.49. The van der Waals surface area contributed by atoms with Crippen molar-refractivity contribution in [1.82, 2.24) is 5.32 Å². The zero-order valence-electron chi connectivity index (χ0n) is 19.0. The number of aliphatic hydroxyl groups is 3. The monoisotopic (exact) mass is 471 g/mol. The molecule has 33 heavy (non-hydrogen) atoms. The van der Waals surface area contributed by atoms with Gasteiger partial charge in [-0.05, 0) is 62.9 Å². The van der Waals surface area contributed by atoms with Crippen molar-refractivity contribution in [2.45, 2.75) is 63.5 Å². The molecule has 1 unspecified atom stereocenters. The molecule has 1 aromatic rings. The van der Waals surface area contributed by atoms with E-state index in [0.29, 0.717) is 6.42 Å². The summed E-state index contributed by atoms with van der Waals surface area (Å²) in [6.07, 6.45) is 4.45. The van der Waals surface area contributed by atoms with E-state index in [9.17, 15) is 28.5 Å². The number of hydrogen-bond acceptors (Lipinski definition) is 5. The van der Waals surface area contributed by atoms with Crippen molar-refractivity contribution in [2.75, 3.05) is 19.7 Å². The van der Waals surface area contributed by atoms with Crippen molar-refractivity contribution in [3.8, 4) is 5.75 Å². The Morgan fingerprint density at radius 3 is 2.70 bits per heavy atom. The Morgan fingerprint density at radius 1 is 1.18 bits per heavy atom. The van der Waals surface area contributed by atoms with Crippen LogP contribution in [0.5, 0.6) is 5.75 Å². The molecular formula is C25H36F3NO4. The predicted octanol–water partition coefficient (Wildman–Crippen LogP) is 4.09. The van der Waals surface area contributed by atoms with Crippen molar-refractivity contribution in [2.24, 2.45) is 11.8 Å². The summed E-state index contributed by atoms with van der Waals surface area (Å²) in [4.78, 5) is 0. The Kier molecular flexibility index (Phi) is 11.4. The number of nitrogens with one attached hydrogen (secondary N) is 1. The lowest BCUT2D eigenvalue weighted by molar-refractivity contribution is -0.137. The number of rotatable bonds is 13. The number of unbranched alkanes of at least 4 members (excludes halogenated alkanes) is 2. The third-order valence-electron chi connectivity index (χ3n) is 5.85.